The molecule has 0 saturated carbocycles. The summed E-state index contributed by atoms with van der Waals surface area (Å²) in [6.45, 7) is 11.7. The molecule has 0 atom stereocenters. The maximum Gasteiger partial charge on any atom is 0.265 e. The van der Waals surface area contributed by atoms with E-state index >= 15 is 0 Å². The lowest BCUT2D eigenvalue weighted by molar-refractivity contribution is 0.0949. The highest BCUT2D eigenvalue weighted by Crippen LogP contribution is 2.16. The fraction of sp³-hybridized carbons (Fsp3) is 0.409. The maximum atomic E-state index is 13.0. The summed E-state index contributed by atoms with van der Waals surface area (Å²) < 4.78 is 1.57. The lowest BCUT2D eigenvalue weighted by Gasteiger charge is -2.18. The molecule has 0 unspecified atom stereocenters. The van der Waals surface area contributed by atoms with Crippen molar-refractivity contribution in [2.24, 2.45) is 0 Å². The Bertz CT molecular complexity index is 1050. The molecule has 0 bridgehead atoms. The molecule has 0 spiro atoms. The number of rotatable bonds is 7. The van der Waals surface area contributed by atoms with E-state index in [1.165, 1.54) is 0 Å². The summed E-state index contributed by atoms with van der Waals surface area (Å²) >= 11 is 0. The Morgan fingerprint density at radius 3 is 2.61 bits per heavy atom. The van der Waals surface area contributed by atoms with Gasteiger partial charge in [-0.25, -0.2) is 4.98 Å². The van der Waals surface area contributed by atoms with Crippen LogP contribution in [0.3, 0.4) is 0 Å². The Labute approximate surface area is 165 Å². The predicted molar refractivity (Wildman–Crippen MR) is 113 cm³/mol. The van der Waals surface area contributed by atoms with E-state index in [0.29, 0.717) is 34.6 Å². The fourth-order valence-electron chi connectivity index (χ4n) is 3.27. The number of carbonyl (C=O) groups excluding carboxylic acids is 1. The summed E-state index contributed by atoms with van der Waals surface area (Å²) in [4.78, 5) is 32.3. The predicted octanol–water partition coefficient (Wildman–Crippen LogP) is 3.04. The van der Waals surface area contributed by atoms with Crippen molar-refractivity contribution in [3.8, 4) is 0 Å². The first-order chi connectivity index (χ1) is 13.4. The van der Waals surface area contributed by atoms with Gasteiger partial charge in [-0.1, -0.05) is 33.8 Å². The molecule has 2 aromatic heterocycles. The lowest BCUT2D eigenvalue weighted by atomic mass is 10.1. The highest BCUT2D eigenvalue weighted by molar-refractivity contribution is 5.98. The van der Waals surface area contributed by atoms with Crippen LogP contribution in [0.2, 0.25) is 0 Å². The number of likely N-dealkylation sites (N-methyl/N-ethyl adjacent to an activating group) is 1. The van der Waals surface area contributed by atoms with Crippen molar-refractivity contribution in [2.45, 2.75) is 33.6 Å². The molecule has 3 aromatic rings. The van der Waals surface area contributed by atoms with E-state index in [1.807, 2.05) is 18.3 Å². The van der Waals surface area contributed by atoms with Crippen molar-refractivity contribution in [2.75, 3.05) is 26.2 Å². The van der Waals surface area contributed by atoms with Crippen molar-refractivity contribution < 1.29 is 4.79 Å². The zero-order valence-corrected chi connectivity index (χ0v) is 17.0. The third-order valence-corrected chi connectivity index (χ3v) is 5.17. The highest BCUT2D eigenvalue weighted by Gasteiger charge is 2.12. The Kier molecular flexibility index (Phi) is 6.09. The summed E-state index contributed by atoms with van der Waals surface area (Å²) in [6.07, 6.45) is 1.84. The van der Waals surface area contributed by atoms with Gasteiger partial charge in [-0.15, -0.1) is 0 Å². The standard InChI is InChI=1S/C22H28N4O2/c1-5-25(6-2)12-11-23-21(27)16-7-9-19-18(13-16)22(28)26-14-17(15(3)4)8-10-20(26)24-19/h7-10,13-15H,5-6,11-12H2,1-4H3,(H,23,27). The van der Waals surface area contributed by atoms with Gasteiger partial charge >= 0.3 is 0 Å². The van der Waals surface area contributed by atoms with Crippen molar-refractivity contribution in [1.29, 1.82) is 0 Å². The van der Waals surface area contributed by atoms with Gasteiger partial charge in [0, 0.05) is 24.8 Å². The van der Waals surface area contributed by atoms with Crippen LogP contribution >= 0.6 is 0 Å². The minimum atomic E-state index is -0.172. The molecule has 0 aliphatic heterocycles. The number of hydrogen-bond donors (Lipinski definition) is 1. The summed E-state index contributed by atoms with van der Waals surface area (Å²) in [5, 5.41) is 3.39. The molecule has 0 aliphatic rings. The smallest absolute Gasteiger partial charge is 0.265 e. The van der Waals surface area contributed by atoms with Gasteiger partial charge in [0.25, 0.3) is 11.5 Å². The van der Waals surface area contributed by atoms with Gasteiger partial charge in [-0.2, -0.15) is 0 Å². The van der Waals surface area contributed by atoms with Crippen LogP contribution in [0.4, 0.5) is 0 Å². The first-order valence-electron chi connectivity index (χ1n) is 9.91. The summed E-state index contributed by atoms with van der Waals surface area (Å²) in [5.74, 6) is 0.143. The Morgan fingerprint density at radius 1 is 1.18 bits per heavy atom. The zero-order chi connectivity index (χ0) is 20.3. The van der Waals surface area contributed by atoms with Gasteiger partial charge in [0.05, 0.1) is 10.9 Å². The fourth-order valence-corrected chi connectivity index (χ4v) is 3.27. The van der Waals surface area contributed by atoms with E-state index in [2.05, 4.69) is 42.9 Å². The van der Waals surface area contributed by atoms with Crippen LogP contribution < -0.4 is 10.9 Å². The Hall–Kier alpha value is -2.73. The van der Waals surface area contributed by atoms with E-state index in [0.717, 1.165) is 25.2 Å². The van der Waals surface area contributed by atoms with E-state index in [-0.39, 0.29) is 11.5 Å². The van der Waals surface area contributed by atoms with Crippen LogP contribution in [0.1, 0.15) is 49.5 Å². The van der Waals surface area contributed by atoms with Crippen molar-refractivity contribution in [3.63, 3.8) is 0 Å². The first-order valence-corrected chi connectivity index (χ1v) is 9.91. The largest absolute Gasteiger partial charge is 0.351 e. The van der Waals surface area contributed by atoms with Gasteiger partial charge in [-0.05, 0) is 48.8 Å². The molecular weight excluding hydrogens is 352 g/mol. The molecule has 0 saturated heterocycles. The second-order valence-electron chi connectivity index (χ2n) is 7.28. The normalized spacial score (nSPS) is 11.6. The SMILES string of the molecule is CCN(CC)CCNC(=O)c1ccc2nc3ccc(C(C)C)cn3c(=O)c2c1. The van der Waals surface area contributed by atoms with Crippen LogP contribution in [-0.4, -0.2) is 46.4 Å². The third kappa shape index (κ3) is 4.07. The third-order valence-electron chi connectivity index (χ3n) is 5.17. The number of carbonyl (C=O) groups is 1. The monoisotopic (exact) mass is 380 g/mol. The second-order valence-corrected chi connectivity index (χ2v) is 7.28. The van der Waals surface area contributed by atoms with E-state index in [4.69, 9.17) is 0 Å². The zero-order valence-electron chi connectivity index (χ0n) is 17.0. The summed E-state index contributed by atoms with van der Waals surface area (Å²) in [6, 6.07) is 8.97. The topological polar surface area (TPSA) is 66.7 Å². The first kappa shape index (κ1) is 20.0. The molecule has 0 fully saturated rings. The molecule has 1 aromatic carbocycles. The quantitative estimate of drug-likeness (QED) is 0.640. The summed E-state index contributed by atoms with van der Waals surface area (Å²) in [7, 11) is 0. The number of aromatic nitrogens is 2. The molecular formula is C22H28N4O2. The second kappa shape index (κ2) is 8.52. The van der Waals surface area contributed by atoms with Crippen LogP contribution in [0.15, 0.2) is 41.3 Å². The molecule has 0 aliphatic carbocycles. The van der Waals surface area contributed by atoms with Gasteiger partial charge < -0.3 is 10.2 Å². The van der Waals surface area contributed by atoms with E-state index in [1.54, 1.807) is 22.6 Å². The number of nitrogens with one attached hydrogen (secondary N) is 1. The number of fused-ring (bicyclic) bond motifs is 2. The maximum absolute atomic E-state index is 13.0. The van der Waals surface area contributed by atoms with Gasteiger partial charge in [-0.3, -0.25) is 14.0 Å². The minimum absolute atomic E-state index is 0.153. The molecule has 1 amide bonds. The molecule has 148 valence electrons. The number of hydrogen-bond acceptors (Lipinski definition) is 4. The molecule has 0 radical (unpaired) electrons. The lowest BCUT2D eigenvalue weighted by Crippen LogP contribution is -2.34. The molecule has 6 heteroatoms. The molecule has 3 rings (SSSR count). The average Bonchev–Trinajstić information content (AvgIpc) is 2.70. The van der Waals surface area contributed by atoms with Crippen LogP contribution in [0, 0.1) is 0 Å². The van der Waals surface area contributed by atoms with E-state index in [9.17, 15) is 9.59 Å². The molecule has 1 N–H and O–H groups in total. The summed E-state index contributed by atoms with van der Waals surface area (Å²) in [5.41, 5.74) is 2.60. The van der Waals surface area contributed by atoms with Gasteiger partial charge in [0.15, 0.2) is 0 Å². The number of amides is 1. The van der Waals surface area contributed by atoms with E-state index < -0.39 is 0 Å². The van der Waals surface area contributed by atoms with Gasteiger partial charge in [0.2, 0.25) is 0 Å². The molecule has 6 nitrogen and oxygen atoms in total. The van der Waals surface area contributed by atoms with Crippen molar-refractivity contribution >= 4 is 22.5 Å². The Morgan fingerprint density at radius 2 is 1.93 bits per heavy atom. The van der Waals surface area contributed by atoms with Gasteiger partial charge in [0.1, 0.15) is 5.65 Å². The van der Waals surface area contributed by atoms with Crippen LogP contribution in [-0.2, 0) is 0 Å². The average molecular weight is 380 g/mol. The van der Waals surface area contributed by atoms with Crippen LogP contribution in [0.25, 0.3) is 16.6 Å². The number of nitrogens with zero attached hydrogens (tertiary/aromatic N) is 3. The molecule has 2 heterocycles. The van der Waals surface area contributed by atoms with Crippen LogP contribution in [0.5, 0.6) is 0 Å². The molecule has 28 heavy (non-hydrogen) atoms. The number of benzene rings is 1. The Balaban J connectivity index is 1.91. The van der Waals surface area contributed by atoms with Crippen molar-refractivity contribution in [1.82, 2.24) is 19.6 Å². The minimum Gasteiger partial charge on any atom is -0.351 e. The number of pyridine rings is 1. The highest BCUT2D eigenvalue weighted by atomic mass is 16.1. The van der Waals surface area contributed by atoms with Crippen molar-refractivity contribution in [3.05, 3.63) is 58.0 Å².